The molecule has 0 saturated heterocycles. The van der Waals surface area contributed by atoms with E-state index >= 15 is 0 Å². The molecule has 1 atom stereocenters. The minimum Gasteiger partial charge on any atom is -0.390 e. The van der Waals surface area contributed by atoms with Crippen molar-refractivity contribution in [2.45, 2.75) is 38.2 Å². The normalized spacial score (nSPS) is 19.5. The van der Waals surface area contributed by atoms with Crippen molar-refractivity contribution in [1.29, 1.82) is 0 Å². The first-order valence-electron chi connectivity index (χ1n) is 5.63. The van der Waals surface area contributed by atoms with Crippen LogP contribution < -0.4 is 0 Å². The SMILES string of the molecule is CC(O)(Cc1c(F)cccc1F)CC1CC1. The van der Waals surface area contributed by atoms with Crippen molar-refractivity contribution < 1.29 is 13.9 Å². The van der Waals surface area contributed by atoms with Gasteiger partial charge in [0.25, 0.3) is 0 Å². The van der Waals surface area contributed by atoms with E-state index in [1.54, 1.807) is 6.92 Å². The van der Waals surface area contributed by atoms with E-state index in [1.165, 1.54) is 18.2 Å². The molecule has 1 aliphatic carbocycles. The van der Waals surface area contributed by atoms with Crippen molar-refractivity contribution in [2.24, 2.45) is 5.92 Å². The lowest BCUT2D eigenvalue weighted by Crippen LogP contribution is -2.28. The first kappa shape index (κ1) is 11.5. The van der Waals surface area contributed by atoms with E-state index in [1.807, 2.05) is 0 Å². The van der Waals surface area contributed by atoms with Crippen LogP contribution in [-0.4, -0.2) is 10.7 Å². The van der Waals surface area contributed by atoms with Crippen LogP contribution in [0, 0.1) is 17.6 Å². The number of hydrogen-bond donors (Lipinski definition) is 1. The summed E-state index contributed by atoms with van der Waals surface area (Å²) in [5.74, 6) is -0.614. The molecule has 1 aromatic rings. The van der Waals surface area contributed by atoms with E-state index in [4.69, 9.17) is 0 Å². The summed E-state index contributed by atoms with van der Waals surface area (Å²) in [6.07, 6.45) is 2.91. The van der Waals surface area contributed by atoms with Crippen LogP contribution in [0.4, 0.5) is 8.78 Å². The monoisotopic (exact) mass is 226 g/mol. The first-order valence-corrected chi connectivity index (χ1v) is 5.63. The minimum absolute atomic E-state index is 0.00634. The molecule has 88 valence electrons. The lowest BCUT2D eigenvalue weighted by Gasteiger charge is -2.23. The average molecular weight is 226 g/mol. The zero-order valence-corrected chi connectivity index (χ0v) is 9.34. The average Bonchev–Trinajstić information content (AvgIpc) is 2.95. The molecule has 0 spiro atoms. The van der Waals surface area contributed by atoms with E-state index in [0.29, 0.717) is 12.3 Å². The summed E-state index contributed by atoms with van der Waals surface area (Å²) in [5, 5.41) is 10.1. The number of halogens is 2. The van der Waals surface area contributed by atoms with Crippen molar-refractivity contribution in [2.75, 3.05) is 0 Å². The number of benzene rings is 1. The van der Waals surface area contributed by atoms with Crippen LogP contribution in [-0.2, 0) is 6.42 Å². The molecule has 3 heteroatoms. The lowest BCUT2D eigenvalue weighted by atomic mass is 9.90. The Balaban J connectivity index is 2.12. The molecule has 0 bridgehead atoms. The van der Waals surface area contributed by atoms with Crippen LogP contribution >= 0.6 is 0 Å². The molecule has 0 aromatic heterocycles. The summed E-state index contributed by atoms with van der Waals surface area (Å²) < 4.78 is 26.8. The summed E-state index contributed by atoms with van der Waals surface area (Å²) in [6, 6.07) is 3.79. The van der Waals surface area contributed by atoms with Gasteiger partial charge in [-0.25, -0.2) is 8.78 Å². The third-order valence-electron chi connectivity index (χ3n) is 3.04. The van der Waals surface area contributed by atoms with Gasteiger partial charge in [0.15, 0.2) is 0 Å². The second kappa shape index (κ2) is 4.13. The highest BCUT2D eigenvalue weighted by Gasteiger charge is 2.33. The molecule has 1 N–H and O–H groups in total. The molecular formula is C13H16F2O. The van der Waals surface area contributed by atoms with Crippen molar-refractivity contribution in [3.05, 3.63) is 35.4 Å². The molecule has 1 saturated carbocycles. The van der Waals surface area contributed by atoms with Gasteiger partial charge >= 0.3 is 0 Å². The second-order valence-electron chi connectivity index (χ2n) is 5.02. The van der Waals surface area contributed by atoms with Gasteiger partial charge in [-0.05, 0) is 31.4 Å². The zero-order valence-electron chi connectivity index (χ0n) is 9.34. The fraction of sp³-hybridized carbons (Fsp3) is 0.538. The molecule has 1 nitrogen and oxygen atoms in total. The van der Waals surface area contributed by atoms with Crippen LogP contribution in [0.1, 0.15) is 31.7 Å². The molecule has 1 unspecified atom stereocenters. The Morgan fingerprint density at radius 1 is 1.31 bits per heavy atom. The van der Waals surface area contributed by atoms with Crippen molar-refractivity contribution in [3.63, 3.8) is 0 Å². The van der Waals surface area contributed by atoms with E-state index in [0.717, 1.165) is 12.8 Å². The summed E-state index contributed by atoms with van der Waals surface area (Å²) in [6.45, 7) is 1.65. The molecule has 0 amide bonds. The summed E-state index contributed by atoms with van der Waals surface area (Å²) in [5.41, 5.74) is -1.02. The molecule has 1 aromatic carbocycles. The van der Waals surface area contributed by atoms with E-state index in [2.05, 4.69) is 0 Å². The van der Waals surface area contributed by atoms with Gasteiger partial charge in [-0.1, -0.05) is 18.9 Å². The maximum absolute atomic E-state index is 13.4. The predicted molar refractivity (Wildman–Crippen MR) is 58.0 cm³/mol. The smallest absolute Gasteiger partial charge is 0.129 e. The number of hydrogen-bond acceptors (Lipinski definition) is 1. The summed E-state index contributed by atoms with van der Waals surface area (Å²) >= 11 is 0. The van der Waals surface area contributed by atoms with Gasteiger partial charge in [0.05, 0.1) is 5.60 Å². The molecule has 1 fully saturated rings. The van der Waals surface area contributed by atoms with Gasteiger partial charge in [-0.3, -0.25) is 0 Å². The molecule has 0 heterocycles. The van der Waals surface area contributed by atoms with Gasteiger partial charge in [-0.15, -0.1) is 0 Å². The maximum atomic E-state index is 13.4. The Kier molecular flexibility index (Phi) is 2.98. The highest BCUT2D eigenvalue weighted by Crippen LogP contribution is 2.38. The van der Waals surface area contributed by atoms with Crippen molar-refractivity contribution in [3.8, 4) is 0 Å². The molecule has 2 rings (SSSR count). The first-order chi connectivity index (χ1) is 7.48. The summed E-state index contributed by atoms with van der Waals surface area (Å²) in [4.78, 5) is 0. The predicted octanol–water partition coefficient (Wildman–Crippen LogP) is 3.06. The van der Waals surface area contributed by atoms with Crippen LogP contribution in [0.25, 0.3) is 0 Å². The fourth-order valence-corrected chi connectivity index (χ4v) is 2.10. The zero-order chi connectivity index (χ0) is 11.8. The largest absolute Gasteiger partial charge is 0.390 e. The Labute approximate surface area is 94.1 Å². The Hall–Kier alpha value is -0.960. The quantitative estimate of drug-likeness (QED) is 0.836. The molecule has 1 aliphatic rings. The number of aliphatic hydroxyl groups is 1. The van der Waals surface area contributed by atoms with E-state index < -0.39 is 17.2 Å². The third-order valence-corrected chi connectivity index (χ3v) is 3.04. The lowest BCUT2D eigenvalue weighted by molar-refractivity contribution is 0.0437. The standard InChI is InChI=1S/C13H16F2O/c1-13(16,7-9-5-6-9)8-10-11(14)3-2-4-12(10)15/h2-4,9,16H,5-8H2,1H3. The van der Waals surface area contributed by atoms with Crippen LogP contribution in [0.5, 0.6) is 0 Å². The van der Waals surface area contributed by atoms with Gasteiger partial charge in [0.1, 0.15) is 11.6 Å². The fourth-order valence-electron chi connectivity index (χ4n) is 2.10. The Morgan fingerprint density at radius 2 is 1.88 bits per heavy atom. The van der Waals surface area contributed by atoms with Crippen LogP contribution in [0.15, 0.2) is 18.2 Å². The van der Waals surface area contributed by atoms with E-state index in [9.17, 15) is 13.9 Å². The van der Waals surface area contributed by atoms with Crippen molar-refractivity contribution in [1.82, 2.24) is 0 Å². The van der Waals surface area contributed by atoms with Gasteiger partial charge in [0, 0.05) is 12.0 Å². The van der Waals surface area contributed by atoms with E-state index in [-0.39, 0.29) is 12.0 Å². The molecular weight excluding hydrogens is 210 g/mol. The third kappa shape index (κ3) is 2.79. The van der Waals surface area contributed by atoms with Crippen LogP contribution in [0.3, 0.4) is 0 Å². The van der Waals surface area contributed by atoms with Gasteiger partial charge in [-0.2, -0.15) is 0 Å². The Bertz CT molecular complexity index is 363. The molecule has 0 radical (unpaired) electrons. The summed E-state index contributed by atoms with van der Waals surface area (Å²) in [7, 11) is 0. The van der Waals surface area contributed by atoms with Crippen molar-refractivity contribution >= 4 is 0 Å². The highest BCUT2D eigenvalue weighted by atomic mass is 19.1. The second-order valence-corrected chi connectivity index (χ2v) is 5.02. The molecule has 16 heavy (non-hydrogen) atoms. The Morgan fingerprint density at radius 3 is 2.38 bits per heavy atom. The highest BCUT2D eigenvalue weighted by molar-refractivity contribution is 5.21. The van der Waals surface area contributed by atoms with Crippen LogP contribution in [0.2, 0.25) is 0 Å². The van der Waals surface area contributed by atoms with Gasteiger partial charge < -0.3 is 5.11 Å². The molecule has 0 aliphatic heterocycles. The minimum atomic E-state index is -1.01. The topological polar surface area (TPSA) is 20.2 Å². The number of rotatable bonds is 4. The maximum Gasteiger partial charge on any atom is 0.129 e. The van der Waals surface area contributed by atoms with Gasteiger partial charge in [0.2, 0.25) is 0 Å².